The maximum Gasteiger partial charge on any atom is 0.305 e. The first-order valence-corrected chi connectivity index (χ1v) is 7.64. The first kappa shape index (κ1) is 19.3. The van der Waals surface area contributed by atoms with Crippen molar-refractivity contribution in [3.8, 4) is 0 Å². The Morgan fingerprint density at radius 1 is 1.20 bits per heavy atom. The Morgan fingerprint density at radius 2 is 1.88 bits per heavy atom. The van der Waals surface area contributed by atoms with Crippen LogP contribution in [0.15, 0.2) is 24.3 Å². The summed E-state index contributed by atoms with van der Waals surface area (Å²) in [5.74, 6) is -3.19. The number of rotatable bonds is 6. The molecular formula is C15H11Cl2F3N2O3. The van der Waals surface area contributed by atoms with E-state index in [1.807, 2.05) is 0 Å². The third-order valence-corrected chi connectivity index (χ3v) is 3.82. The smallest absolute Gasteiger partial charge is 0.305 e. The molecule has 25 heavy (non-hydrogen) atoms. The van der Waals surface area contributed by atoms with Gasteiger partial charge in [0.15, 0.2) is 5.82 Å². The van der Waals surface area contributed by atoms with Crippen LogP contribution in [0.3, 0.4) is 0 Å². The fraction of sp³-hybridized carbons (Fsp3) is 0.200. The second-order valence-corrected chi connectivity index (χ2v) is 5.95. The van der Waals surface area contributed by atoms with Crippen LogP contribution in [-0.2, 0) is 6.42 Å². The number of benzene rings is 2. The lowest BCUT2D eigenvalue weighted by Gasteiger charge is -2.15. The molecule has 2 rings (SSSR count). The highest BCUT2D eigenvalue weighted by atomic mass is 35.5. The van der Waals surface area contributed by atoms with Gasteiger partial charge < -0.3 is 10.4 Å². The van der Waals surface area contributed by atoms with Crippen molar-refractivity contribution < 1.29 is 23.2 Å². The predicted octanol–water partition coefficient (Wildman–Crippen LogP) is 4.33. The Balaban J connectivity index is 2.12. The van der Waals surface area contributed by atoms with Crippen LogP contribution in [0, 0.1) is 27.6 Å². The lowest BCUT2D eigenvalue weighted by atomic mass is 10.1. The van der Waals surface area contributed by atoms with E-state index in [2.05, 4.69) is 5.32 Å². The molecule has 0 radical (unpaired) electrons. The van der Waals surface area contributed by atoms with Crippen molar-refractivity contribution in [2.75, 3.05) is 11.9 Å². The van der Waals surface area contributed by atoms with Crippen molar-refractivity contribution in [2.45, 2.75) is 12.5 Å². The third kappa shape index (κ3) is 4.53. The molecule has 0 spiro atoms. The highest BCUT2D eigenvalue weighted by Gasteiger charge is 2.23. The zero-order valence-electron chi connectivity index (χ0n) is 12.4. The van der Waals surface area contributed by atoms with Crippen LogP contribution in [0.1, 0.15) is 5.56 Å². The van der Waals surface area contributed by atoms with Crippen molar-refractivity contribution in [1.29, 1.82) is 0 Å². The van der Waals surface area contributed by atoms with Gasteiger partial charge in [0.25, 0.3) is 0 Å². The van der Waals surface area contributed by atoms with Gasteiger partial charge in [-0.2, -0.15) is 4.39 Å². The molecule has 134 valence electrons. The Hall–Kier alpha value is -2.03. The average Bonchev–Trinajstić information content (AvgIpc) is 2.53. The Bertz CT molecular complexity index is 821. The van der Waals surface area contributed by atoms with Gasteiger partial charge in [-0.3, -0.25) is 10.1 Å². The number of anilines is 1. The highest BCUT2D eigenvalue weighted by Crippen LogP contribution is 2.28. The second-order valence-electron chi connectivity index (χ2n) is 5.10. The fourth-order valence-electron chi connectivity index (χ4n) is 2.13. The summed E-state index contributed by atoms with van der Waals surface area (Å²) in [7, 11) is 0. The summed E-state index contributed by atoms with van der Waals surface area (Å²) < 4.78 is 41.5. The number of hydrogen-bond donors (Lipinski definition) is 2. The summed E-state index contributed by atoms with van der Waals surface area (Å²) in [5.41, 5.74) is -1.63. The van der Waals surface area contributed by atoms with E-state index in [4.69, 9.17) is 23.2 Å². The van der Waals surface area contributed by atoms with E-state index in [1.165, 1.54) is 12.1 Å². The van der Waals surface area contributed by atoms with Gasteiger partial charge in [0.2, 0.25) is 5.82 Å². The molecule has 0 aliphatic heterocycles. The van der Waals surface area contributed by atoms with E-state index >= 15 is 0 Å². The number of halogens is 5. The van der Waals surface area contributed by atoms with Gasteiger partial charge in [-0.1, -0.05) is 23.2 Å². The van der Waals surface area contributed by atoms with E-state index < -0.39 is 46.2 Å². The molecule has 2 N–H and O–H groups in total. The SMILES string of the molecule is O=[N+]([O-])c1ccc(F)c(CC(O)CNc2cc(Cl)cc(Cl)c2F)c1F. The number of aliphatic hydroxyl groups excluding tert-OH is 1. The molecule has 2 aromatic rings. The number of nitrogens with one attached hydrogen (secondary N) is 1. The van der Waals surface area contributed by atoms with Gasteiger partial charge in [-0.15, -0.1) is 0 Å². The largest absolute Gasteiger partial charge is 0.391 e. The van der Waals surface area contributed by atoms with Crippen molar-refractivity contribution in [3.63, 3.8) is 0 Å². The summed E-state index contributed by atoms with van der Waals surface area (Å²) >= 11 is 11.4. The molecular weight excluding hydrogens is 384 g/mol. The molecule has 0 bridgehead atoms. The number of nitro benzene ring substituents is 1. The zero-order valence-corrected chi connectivity index (χ0v) is 13.9. The maximum atomic E-state index is 14.0. The minimum Gasteiger partial charge on any atom is -0.391 e. The van der Waals surface area contributed by atoms with Gasteiger partial charge in [-0.05, 0) is 18.2 Å². The standard InChI is InChI=1S/C15H11Cl2F3N2O3/c16-7-3-10(17)15(20)12(4-7)21-6-8(23)5-9-11(18)1-2-13(14(9)19)22(24)25/h1-4,8,21,23H,5-6H2. The third-order valence-electron chi connectivity index (χ3n) is 3.32. The highest BCUT2D eigenvalue weighted by molar-refractivity contribution is 6.35. The molecule has 0 aliphatic rings. The van der Waals surface area contributed by atoms with Crippen LogP contribution in [0.4, 0.5) is 24.5 Å². The zero-order chi connectivity index (χ0) is 18.7. The molecule has 0 amide bonds. The molecule has 0 saturated carbocycles. The molecule has 10 heteroatoms. The minimum atomic E-state index is -1.36. The second kappa shape index (κ2) is 7.90. The van der Waals surface area contributed by atoms with Crippen LogP contribution in [0.25, 0.3) is 0 Å². The van der Waals surface area contributed by atoms with E-state index in [0.29, 0.717) is 6.07 Å². The van der Waals surface area contributed by atoms with Crippen LogP contribution < -0.4 is 5.32 Å². The van der Waals surface area contributed by atoms with Crippen LogP contribution in [0.2, 0.25) is 10.0 Å². The molecule has 0 saturated heterocycles. The molecule has 2 aromatic carbocycles. The molecule has 1 unspecified atom stereocenters. The van der Waals surface area contributed by atoms with E-state index in [1.54, 1.807) is 0 Å². The number of nitro groups is 1. The summed E-state index contributed by atoms with van der Waals surface area (Å²) in [6.07, 6.45) is -1.91. The normalized spacial score (nSPS) is 12.1. The lowest BCUT2D eigenvalue weighted by molar-refractivity contribution is -0.387. The molecule has 0 aromatic heterocycles. The van der Waals surface area contributed by atoms with Gasteiger partial charge in [0.05, 0.1) is 21.7 Å². The average molecular weight is 395 g/mol. The first-order chi connectivity index (χ1) is 11.7. The number of hydrogen-bond acceptors (Lipinski definition) is 4. The maximum absolute atomic E-state index is 14.0. The summed E-state index contributed by atoms with van der Waals surface area (Å²) in [6, 6.07) is 3.85. The summed E-state index contributed by atoms with van der Waals surface area (Å²) in [6.45, 7) is -0.296. The van der Waals surface area contributed by atoms with Crippen molar-refractivity contribution >= 4 is 34.6 Å². The fourth-order valence-corrected chi connectivity index (χ4v) is 2.63. The van der Waals surface area contributed by atoms with Crippen molar-refractivity contribution in [2.24, 2.45) is 0 Å². The number of nitrogens with zero attached hydrogens (tertiary/aromatic N) is 1. The van der Waals surface area contributed by atoms with Crippen LogP contribution in [-0.4, -0.2) is 22.7 Å². The topological polar surface area (TPSA) is 75.4 Å². The van der Waals surface area contributed by atoms with Crippen LogP contribution in [0.5, 0.6) is 0 Å². The van der Waals surface area contributed by atoms with Gasteiger partial charge in [-0.25, -0.2) is 8.78 Å². The number of aliphatic hydroxyl groups is 1. The van der Waals surface area contributed by atoms with Gasteiger partial charge in [0, 0.05) is 29.6 Å². The van der Waals surface area contributed by atoms with Crippen molar-refractivity contribution in [1.82, 2.24) is 0 Å². The quantitative estimate of drug-likeness (QED) is 0.434. The van der Waals surface area contributed by atoms with E-state index in [-0.39, 0.29) is 22.3 Å². The molecule has 1 atom stereocenters. The predicted molar refractivity (Wildman–Crippen MR) is 87.6 cm³/mol. The Labute approximate surface area is 150 Å². The Kier molecular flexibility index (Phi) is 6.10. The Morgan fingerprint density at radius 3 is 2.52 bits per heavy atom. The summed E-state index contributed by atoms with van der Waals surface area (Å²) in [4.78, 5) is 9.69. The van der Waals surface area contributed by atoms with E-state index in [9.17, 15) is 28.4 Å². The van der Waals surface area contributed by atoms with Crippen LogP contribution >= 0.6 is 23.2 Å². The molecule has 5 nitrogen and oxygen atoms in total. The van der Waals surface area contributed by atoms with E-state index in [0.717, 1.165) is 6.07 Å². The molecule has 0 fully saturated rings. The van der Waals surface area contributed by atoms with Gasteiger partial charge >= 0.3 is 5.69 Å². The monoisotopic (exact) mass is 394 g/mol. The first-order valence-electron chi connectivity index (χ1n) is 6.88. The molecule has 0 aliphatic carbocycles. The van der Waals surface area contributed by atoms with Gasteiger partial charge in [0.1, 0.15) is 5.82 Å². The minimum absolute atomic E-state index is 0.100. The summed E-state index contributed by atoms with van der Waals surface area (Å²) in [5, 5.41) is 23.0. The van der Waals surface area contributed by atoms with Crippen molar-refractivity contribution in [3.05, 3.63) is 67.4 Å². The molecule has 0 heterocycles. The lowest BCUT2D eigenvalue weighted by Crippen LogP contribution is -2.23.